The number of piperazine rings is 1. The van der Waals surface area contributed by atoms with Gasteiger partial charge in [0.2, 0.25) is 0 Å². The smallest absolute Gasteiger partial charge is 0.267 e. The zero-order chi connectivity index (χ0) is 22.8. The third kappa shape index (κ3) is 4.21. The molecule has 0 spiro atoms. The Bertz CT molecular complexity index is 1190. The molecule has 4 rings (SSSR count). The minimum Gasteiger partial charge on any atom is -0.506 e. The van der Waals surface area contributed by atoms with Crippen molar-refractivity contribution in [2.24, 2.45) is 5.92 Å². The van der Waals surface area contributed by atoms with Gasteiger partial charge in [0.05, 0.1) is 16.9 Å². The van der Waals surface area contributed by atoms with E-state index in [1.165, 1.54) is 0 Å². The predicted octanol–water partition coefficient (Wildman–Crippen LogP) is 3.37. The lowest BCUT2D eigenvalue weighted by molar-refractivity contribution is 0.102. The van der Waals surface area contributed by atoms with Crippen molar-refractivity contribution >= 4 is 28.2 Å². The van der Waals surface area contributed by atoms with Crippen LogP contribution in [-0.2, 0) is 6.54 Å². The quantitative estimate of drug-likeness (QED) is 0.644. The van der Waals surface area contributed by atoms with Gasteiger partial charge in [-0.05, 0) is 37.2 Å². The minimum atomic E-state index is -0.600. The van der Waals surface area contributed by atoms with E-state index in [9.17, 15) is 14.7 Å². The molecule has 7 nitrogen and oxygen atoms in total. The summed E-state index contributed by atoms with van der Waals surface area (Å²) in [4.78, 5) is 31.1. The first-order valence-corrected chi connectivity index (χ1v) is 11.0. The lowest BCUT2D eigenvalue weighted by Gasteiger charge is -2.35. The van der Waals surface area contributed by atoms with Gasteiger partial charge in [-0.15, -0.1) is 0 Å². The standard InChI is InChI=1S/C25H30N4O3/c1-17(2)16-29-20-10-6-4-8-18(20)23(30)22(25(29)32)24(31)26-19-9-5-7-11-21(19)28-14-12-27(3)13-15-28/h4-11,17,30H,12-16H2,1-3H3,(H,26,31). The van der Waals surface area contributed by atoms with Crippen LogP contribution in [0, 0.1) is 5.92 Å². The van der Waals surface area contributed by atoms with Crippen LogP contribution in [0.3, 0.4) is 0 Å². The highest BCUT2D eigenvalue weighted by Crippen LogP contribution is 2.30. The van der Waals surface area contributed by atoms with E-state index in [1.54, 1.807) is 22.8 Å². The largest absolute Gasteiger partial charge is 0.506 e. The number of nitrogens with zero attached hydrogens (tertiary/aromatic N) is 3. The molecule has 1 aromatic heterocycles. The molecule has 1 fully saturated rings. The van der Waals surface area contributed by atoms with Crippen molar-refractivity contribution < 1.29 is 9.90 Å². The third-order valence-corrected chi connectivity index (χ3v) is 5.92. The van der Waals surface area contributed by atoms with Gasteiger partial charge in [-0.25, -0.2) is 0 Å². The predicted molar refractivity (Wildman–Crippen MR) is 129 cm³/mol. The van der Waals surface area contributed by atoms with Crippen LogP contribution in [0.5, 0.6) is 5.75 Å². The summed E-state index contributed by atoms with van der Waals surface area (Å²) >= 11 is 0. The monoisotopic (exact) mass is 434 g/mol. The fraction of sp³-hybridized carbons (Fsp3) is 0.360. The molecule has 0 atom stereocenters. The Morgan fingerprint density at radius 2 is 1.69 bits per heavy atom. The van der Waals surface area contributed by atoms with Crippen LogP contribution in [0.15, 0.2) is 53.3 Å². The molecule has 0 saturated carbocycles. The second-order valence-corrected chi connectivity index (χ2v) is 8.81. The van der Waals surface area contributed by atoms with Crippen LogP contribution in [-0.4, -0.2) is 53.7 Å². The highest BCUT2D eigenvalue weighted by molar-refractivity contribution is 6.10. The summed E-state index contributed by atoms with van der Waals surface area (Å²) in [5.74, 6) is -0.674. The molecule has 2 aromatic carbocycles. The molecule has 0 aliphatic carbocycles. The molecule has 7 heteroatoms. The number of fused-ring (bicyclic) bond motifs is 1. The van der Waals surface area contributed by atoms with Gasteiger partial charge in [-0.3, -0.25) is 9.59 Å². The van der Waals surface area contributed by atoms with E-state index >= 15 is 0 Å². The Labute approximate surface area is 187 Å². The second kappa shape index (κ2) is 9.04. The van der Waals surface area contributed by atoms with Gasteiger partial charge in [0, 0.05) is 38.1 Å². The average molecular weight is 435 g/mol. The Balaban J connectivity index is 1.74. The number of carbonyl (C=O) groups excluding carboxylic acids is 1. The van der Waals surface area contributed by atoms with Crippen molar-refractivity contribution in [3.05, 3.63) is 64.4 Å². The molecule has 168 valence electrons. The van der Waals surface area contributed by atoms with Crippen molar-refractivity contribution in [1.82, 2.24) is 9.47 Å². The van der Waals surface area contributed by atoms with Gasteiger partial charge in [0.25, 0.3) is 11.5 Å². The highest BCUT2D eigenvalue weighted by atomic mass is 16.3. The van der Waals surface area contributed by atoms with Crippen LogP contribution in [0.2, 0.25) is 0 Å². The van der Waals surface area contributed by atoms with Gasteiger partial charge in [0.15, 0.2) is 0 Å². The van der Waals surface area contributed by atoms with Crippen molar-refractivity contribution in [2.45, 2.75) is 20.4 Å². The molecule has 32 heavy (non-hydrogen) atoms. The van der Waals surface area contributed by atoms with Crippen LogP contribution >= 0.6 is 0 Å². The molecule has 3 aromatic rings. The van der Waals surface area contributed by atoms with Crippen molar-refractivity contribution in [3.8, 4) is 5.75 Å². The van der Waals surface area contributed by atoms with Crippen LogP contribution in [0.25, 0.3) is 10.9 Å². The number of para-hydroxylation sites is 3. The Kier molecular flexibility index (Phi) is 6.19. The molecule has 0 unspecified atom stereocenters. The van der Waals surface area contributed by atoms with Crippen molar-refractivity contribution in [3.63, 3.8) is 0 Å². The summed E-state index contributed by atoms with van der Waals surface area (Å²) in [6, 6.07) is 14.7. The number of nitrogens with one attached hydrogen (secondary N) is 1. The number of aromatic nitrogens is 1. The van der Waals surface area contributed by atoms with E-state index in [1.807, 2.05) is 44.2 Å². The van der Waals surface area contributed by atoms with Crippen LogP contribution in [0.4, 0.5) is 11.4 Å². The number of benzene rings is 2. The first-order valence-electron chi connectivity index (χ1n) is 11.0. The number of amides is 1. The van der Waals surface area contributed by atoms with Crippen LogP contribution < -0.4 is 15.8 Å². The van der Waals surface area contributed by atoms with E-state index in [0.717, 1.165) is 31.9 Å². The van der Waals surface area contributed by atoms with E-state index in [0.29, 0.717) is 23.1 Å². The van der Waals surface area contributed by atoms with Gasteiger partial charge < -0.3 is 24.8 Å². The molecule has 1 saturated heterocycles. The van der Waals surface area contributed by atoms with Gasteiger partial charge >= 0.3 is 0 Å². The fourth-order valence-electron chi connectivity index (χ4n) is 4.23. The minimum absolute atomic E-state index is 0.203. The molecule has 2 heterocycles. The maximum absolute atomic E-state index is 13.3. The first-order chi connectivity index (χ1) is 15.4. The maximum Gasteiger partial charge on any atom is 0.267 e. The summed E-state index contributed by atoms with van der Waals surface area (Å²) in [7, 11) is 2.09. The maximum atomic E-state index is 13.3. The number of anilines is 2. The lowest BCUT2D eigenvalue weighted by atomic mass is 10.1. The number of hydrogen-bond acceptors (Lipinski definition) is 5. The molecular formula is C25H30N4O3. The van der Waals surface area contributed by atoms with E-state index < -0.39 is 11.5 Å². The number of likely N-dealkylation sites (N-methyl/N-ethyl adjacent to an activating group) is 1. The van der Waals surface area contributed by atoms with E-state index in [2.05, 4.69) is 22.2 Å². The molecule has 0 radical (unpaired) electrons. The molecule has 1 aliphatic heterocycles. The molecule has 1 amide bonds. The van der Waals surface area contributed by atoms with E-state index in [4.69, 9.17) is 0 Å². The number of rotatable bonds is 5. The summed E-state index contributed by atoms with van der Waals surface area (Å²) in [5.41, 5.74) is 1.46. The Morgan fingerprint density at radius 3 is 2.41 bits per heavy atom. The van der Waals surface area contributed by atoms with Crippen molar-refractivity contribution in [1.29, 1.82) is 0 Å². The first kappa shape index (κ1) is 21.9. The van der Waals surface area contributed by atoms with E-state index in [-0.39, 0.29) is 17.2 Å². The normalized spacial score (nSPS) is 14.8. The van der Waals surface area contributed by atoms with Crippen LogP contribution in [0.1, 0.15) is 24.2 Å². The number of hydrogen-bond donors (Lipinski definition) is 2. The summed E-state index contributed by atoms with van der Waals surface area (Å²) in [6.45, 7) is 8.07. The summed E-state index contributed by atoms with van der Waals surface area (Å²) in [6.07, 6.45) is 0. The lowest BCUT2D eigenvalue weighted by Crippen LogP contribution is -2.44. The molecule has 1 aliphatic rings. The van der Waals surface area contributed by atoms with Gasteiger partial charge in [-0.2, -0.15) is 0 Å². The van der Waals surface area contributed by atoms with Crippen molar-refractivity contribution in [2.75, 3.05) is 43.4 Å². The number of aromatic hydroxyl groups is 1. The molecule has 2 N–H and O–H groups in total. The highest BCUT2D eigenvalue weighted by Gasteiger charge is 2.24. The summed E-state index contributed by atoms with van der Waals surface area (Å²) in [5, 5.41) is 14.3. The number of pyridine rings is 1. The molecular weight excluding hydrogens is 404 g/mol. The Hall–Kier alpha value is -3.32. The average Bonchev–Trinajstić information content (AvgIpc) is 2.78. The second-order valence-electron chi connectivity index (χ2n) is 8.81. The zero-order valence-electron chi connectivity index (χ0n) is 18.8. The summed E-state index contributed by atoms with van der Waals surface area (Å²) < 4.78 is 1.58. The molecule has 0 bridgehead atoms. The van der Waals surface area contributed by atoms with Gasteiger partial charge in [-0.1, -0.05) is 38.1 Å². The zero-order valence-corrected chi connectivity index (χ0v) is 18.8. The van der Waals surface area contributed by atoms with Gasteiger partial charge in [0.1, 0.15) is 11.3 Å². The fourth-order valence-corrected chi connectivity index (χ4v) is 4.23. The SMILES string of the molecule is CC(C)Cn1c(=O)c(C(=O)Nc2ccccc2N2CCN(C)CC2)c(O)c2ccccc21. The topological polar surface area (TPSA) is 77.8 Å². The number of carbonyl (C=O) groups is 1. The third-order valence-electron chi connectivity index (χ3n) is 5.92. The Morgan fingerprint density at radius 1 is 1.03 bits per heavy atom.